The molecule has 10 heteroatoms. The predicted molar refractivity (Wildman–Crippen MR) is 159 cm³/mol. The van der Waals surface area contributed by atoms with Crippen LogP contribution >= 0.6 is 0 Å². The second-order valence-corrected chi connectivity index (χ2v) is 12.4. The number of aromatic nitrogens is 3. The number of allylic oxidation sites excluding steroid dienone is 2. The summed E-state index contributed by atoms with van der Waals surface area (Å²) < 4.78 is 29.1. The van der Waals surface area contributed by atoms with Gasteiger partial charge in [-0.15, -0.1) is 0 Å². The first-order valence-electron chi connectivity index (χ1n) is 13.5. The quantitative estimate of drug-likeness (QED) is 0.355. The molecular weight excluding hydrogens is 510 g/mol. The van der Waals surface area contributed by atoms with Crippen LogP contribution in [0.15, 0.2) is 66.8 Å². The van der Waals surface area contributed by atoms with Gasteiger partial charge >= 0.3 is 0 Å². The summed E-state index contributed by atoms with van der Waals surface area (Å²) in [5.41, 5.74) is 3.91. The van der Waals surface area contributed by atoms with E-state index in [1.807, 2.05) is 49.5 Å². The third kappa shape index (κ3) is 6.65. The Morgan fingerprint density at radius 1 is 1.08 bits per heavy atom. The molecular formula is C29H37N7O2S. The van der Waals surface area contributed by atoms with E-state index in [9.17, 15) is 8.42 Å². The van der Waals surface area contributed by atoms with E-state index in [4.69, 9.17) is 0 Å². The fourth-order valence-electron chi connectivity index (χ4n) is 5.06. The van der Waals surface area contributed by atoms with Crippen molar-refractivity contribution in [3.8, 4) is 0 Å². The third-order valence-corrected chi connectivity index (χ3v) is 9.51. The Hall–Kier alpha value is -3.31. The number of nitrogens with zero attached hydrogens (tertiary/aromatic N) is 4. The molecule has 1 aliphatic heterocycles. The highest BCUT2D eigenvalue weighted by Gasteiger charge is 2.36. The number of nitrogens with one attached hydrogen (secondary N) is 3. The summed E-state index contributed by atoms with van der Waals surface area (Å²) in [5.74, 6) is 0.472. The molecule has 2 aliphatic rings. The Balaban J connectivity index is 1.21. The van der Waals surface area contributed by atoms with Crippen molar-refractivity contribution in [3.05, 3.63) is 77.9 Å². The lowest BCUT2D eigenvalue weighted by atomic mass is 10.1. The maximum Gasteiger partial charge on any atom is 0.227 e. The zero-order valence-corrected chi connectivity index (χ0v) is 23.4. The molecule has 0 amide bonds. The Bertz CT molecular complexity index is 1450. The van der Waals surface area contributed by atoms with Crippen LogP contribution in [0.2, 0.25) is 0 Å². The molecule has 1 aromatic carbocycles. The van der Waals surface area contributed by atoms with E-state index >= 15 is 0 Å². The molecule has 3 aromatic rings. The lowest BCUT2D eigenvalue weighted by Crippen LogP contribution is -2.50. The monoisotopic (exact) mass is 547 g/mol. The second kappa shape index (κ2) is 12.3. The first-order chi connectivity index (χ1) is 18.9. The Morgan fingerprint density at radius 2 is 1.87 bits per heavy atom. The summed E-state index contributed by atoms with van der Waals surface area (Å²) in [6.45, 7) is 2.91. The normalized spacial score (nSPS) is 18.9. The van der Waals surface area contributed by atoms with Crippen LogP contribution in [0.3, 0.4) is 0 Å². The van der Waals surface area contributed by atoms with Crippen LogP contribution in [0, 0.1) is 0 Å². The number of rotatable bonds is 10. The summed E-state index contributed by atoms with van der Waals surface area (Å²) >= 11 is 0. The van der Waals surface area contributed by atoms with E-state index in [0.29, 0.717) is 25.5 Å². The summed E-state index contributed by atoms with van der Waals surface area (Å²) in [5, 5.41) is 7.14. The molecule has 0 spiro atoms. The van der Waals surface area contributed by atoms with Crippen molar-refractivity contribution in [1.29, 1.82) is 0 Å². The molecule has 2 aromatic heterocycles. The van der Waals surface area contributed by atoms with Gasteiger partial charge in [0, 0.05) is 59.9 Å². The van der Waals surface area contributed by atoms with Crippen molar-refractivity contribution in [2.75, 3.05) is 45.6 Å². The molecule has 3 heterocycles. The van der Waals surface area contributed by atoms with Gasteiger partial charge in [0.25, 0.3) is 0 Å². The smallest absolute Gasteiger partial charge is 0.227 e. The van der Waals surface area contributed by atoms with E-state index in [1.165, 1.54) is 5.39 Å². The third-order valence-electron chi connectivity index (χ3n) is 7.27. The average Bonchev–Trinajstić information content (AvgIpc) is 3.43. The van der Waals surface area contributed by atoms with Gasteiger partial charge in [-0.25, -0.2) is 18.4 Å². The van der Waals surface area contributed by atoms with Crippen LogP contribution in [0.4, 0.5) is 5.95 Å². The molecule has 1 unspecified atom stereocenters. The minimum Gasteiger partial charge on any atom is -0.361 e. The predicted octanol–water partition coefficient (Wildman–Crippen LogP) is 3.70. The van der Waals surface area contributed by atoms with Crippen molar-refractivity contribution in [3.63, 3.8) is 0 Å². The topological polar surface area (TPSA) is 106 Å². The highest BCUT2D eigenvalue weighted by Crippen LogP contribution is 2.25. The summed E-state index contributed by atoms with van der Waals surface area (Å²) in [6.07, 6.45) is 17.2. The zero-order chi connectivity index (χ0) is 27.2. The first kappa shape index (κ1) is 27.3. The molecule has 206 valence electrons. The van der Waals surface area contributed by atoms with Crippen molar-refractivity contribution < 1.29 is 8.42 Å². The number of hydrogen-bond donors (Lipinski definition) is 3. The van der Waals surface area contributed by atoms with E-state index in [-0.39, 0.29) is 6.04 Å². The maximum atomic E-state index is 13.7. The number of hydrogen-bond acceptors (Lipinski definition) is 7. The standard InChI is InChI=1S/C29H37N7O2S/c1-35(2)18-19-36(25-12-15-30-16-13-25)39(37,38)26-10-8-24(9-11-26)34-29-32-20-22(21-33-29)6-7-23-4-3-5-28-27(23)14-17-31-28/h3-10,14,17,20-21,25-26,30-31H,11-13,15-16,18-19H2,1-2H3,(H,32,33,34)/b7-6+. The Labute approximate surface area is 230 Å². The number of benzene rings is 1. The van der Waals surface area contributed by atoms with Crippen molar-refractivity contribution in [2.45, 2.75) is 30.6 Å². The molecule has 0 radical (unpaired) electrons. The van der Waals surface area contributed by atoms with E-state index in [1.54, 1.807) is 22.8 Å². The number of H-pyrrole nitrogens is 1. The highest BCUT2D eigenvalue weighted by atomic mass is 32.2. The molecule has 1 fully saturated rings. The summed E-state index contributed by atoms with van der Waals surface area (Å²) in [4.78, 5) is 14.1. The van der Waals surface area contributed by atoms with Crippen LogP contribution in [0.25, 0.3) is 23.1 Å². The molecule has 9 nitrogen and oxygen atoms in total. The van der Waals surface area contributed by atoms with Gasteiger partial charge in [0.05, 0.1) is 5.25 Å². The van der Waals surface area contributed by atoms with Gasteiger partial charge in [-0.05, 0) is 70.2 Å². The number of fused-ring (bicyclic) bond motifs is 1. The van der Waals surface area contributed by atoms with Crippen LogP contribution in [-0.4, -0.2) is 84.1 Å². The highest BCUT2D eigenvalue weighted by molar-refractivity contribution is 7.89. The molecule has 0 saturated carbocycles. The van der Waals surface area contributed by atoms with Gasteiger partial charge in [-0.2, -0.15) is 4.31 Å². The van der Waals surface area contributed by atoms with Crippen molar-refractivity contribution >= 4 is 39.0 Å². The number of anilines is 1. The van der Waals surface area contributed by atoms with Gasteiger partial charge in [-0.1, -0.05) is 36.4 Å². The lowest BCUT2D eigenvalue weighted by Gasteiger charge is -2.36. The fraction of sp³-hybridized carbons (Fsp3) is 0.379. The minimum atomic E-state index is -3.48. The molecule has 5 rings (SSSR count). The van der Waals surface area contributed by atoms with Gasteiger partial charge in [-0.3, -0.25) is 0 Å². The average molecular weight is 548 g/mol. The van der Waals surface area contributed by atoms with Crippen LogP contribution in [-0.2, 0) is 10.0 Å². The fourth-order valence-corrected chi connectivity index (χ4v) is 6.98. The Kier molecular flexibility index (Phi) is 8.56. The van der Waals surface area contributed by atoms with E-state index in [0.717, 1.165) is 48.3 Å². The number of sulfonamides is 1. The second-order valence-electron chi connectivity index (χ2n) is 10.3. The Morgan fingerprint density at radius 3 is 2.59 bits per heavy atom. The zero-order valence-electron chi connectivity index (χ0n) is 22.5. The SMILES string of the molecule is CN(C)CCN(C1CCNCC1)S(=O)(=O)C1C=CC(Nc2ncc(/C=C/c3cccc4[nH]ccc34)cn2)=CC1. The summed E-state index contributed by atoms with van der Waals surface area (Å²) in [6, 6.07) is 8.27. The van der Waals surface area contributed by atoms with Crippen LogP contribution in [0.5, 0.6) is 0 Å². The maximum absolute atomic E-state index is 13.7. The van der Waals surface area contributed by atoms with Gasteiger partial charge < -0.3 is 20.5 Å². The van der Waals surface area contributed by atoms with Crippen LogP contribution in [0.1, 0.15) is 30.4 Å². The lowest BCUT2D eigenvalue weighted by molar-refractivity contribution is 0.239. The van der Waals surface area contributed by atoms with E-state index < -0.39 is 15.3 Å². The van der Waals surface area contributed by atoms with Gasteiger partial charge in [0.1, 0.15) is 0 Å². The molecule has 1 atom stereocenters. The van der Waals surface area contributed by atoms with Gasteiger partial charge in [0.2, 0.25) is 16.0 Å². The molecule has 1 aliphatic carbocycles. The summed E-state index contributed by atoms with van der Waals surface area (Å²) in [7, 11) is 0.469. The van der Waals surface area contributed by atoms with Crippen molar-refractivity contribution in [1.82, 2.24) is 29.5 Å². The molecule has 1 saturated heterocycles. The molecule has 3 N–H and O–H groups in total. The molecule has 39 heavy (non-hydrogen) atoms. The molecule has 0 bridgehead atoms. The van der Waals surface area contributed by atoms with Crippen molar-refractivity contribution in [2.24, 2.45) is 0 Å². The first-order valence-corrected chi connectivity index (χ1v) is 15.0. The largest absolute Gasteiger partial charge is 0.361 e. The number of likely N-dealkylation sites (N-methyl/N-ethyl adjacent to an activating group) is 1. The minimum absolute atomic E-state index is 0.0463. The number of aromatic amines is 1. The van der Waals surface area contributed by atoms with Gasteiger partial charge in [0.15, 0.2) is 0 Å². The van der Waals surface area contributed by atoms with Crippen LogP contribution < -0.4 is 10.6 Å². The number of piperidine rings is 1. The van der Waals surface area contributed by atoms with E-state index in [2.05, 4.69) is 49.9 Å².